The van der Waals surface area contributed by atoms with Gasteiger partial charge < -0.3 is 9.73 Å². The lowest BCUT2D eigenvalue weighted by molar-refractivity contribution is 0.0882. The Labute approximate surface area is 109 Å². The van der Waals surface area contributed by atoms with Gasteiger partial charge in [0.1, 0.15) is 5.69 Å². The lowest BCUT2D eigenvalue weighted by Crippen LogP contribution is -2.41. The van der Waals surface area contributed by atoms with Gasteiger partial charge in [0, 0.05) is 7.05 Å². The Hall–Kier alpha value is -1.82. The minimum atomic E-state index is -0.648. The normalized spacial score (nSPS) is 11.6. The van der Waals surface area contributed by atoms with Gasteiger partial charge in [0.05, 0.1) is 11.7 Å². The number of carbonyl (C=O) groups is 1. The van der Waals surface area contributed by atoms with Crippen LogP contribution >= 0.6 is 11.6 Å². The van der Waals surface area contributed by atoms with Crippen molar-refractivity contribution >= 4 is 17.5 Å². The summed E-state index contributed by atoms with van der Waals surface area (Å²) in [6, 6.07) is 3.04. The second-order valence-corrected chi connectivity index (χ2v) is 4.83. The number of hydrogen-bond acceptors (Lipinski definition) is 4. The molecular weight excluding hydrogens is 256 g/mol. The topological polar surface area (TPSA) is 73.0 Å². The summed E-state index contributed by atoms with van der Waals surface area (Å²) in [6.45, 7) is 3.67. The van der Waals surface area contributed by atoms with Gasteiger partial charge in [-0.1, -0.05) is 5.21 Å². The molecule has 6 nitrogen and oxygen atoms in total. The first-order valence-corrected chi connectivity index (χ1v) is 5.71. The Bertz CT molecular complexity index is 573. The number of amides is 1. The number of aromatic nitrogens is 3. The van der Waals surface area contributed by atoms with Crippen molar-refractivity contribution < 1.29 is 9.21 Å². The first-order valence-electron chi connectivity index (χ1n) is 5.33. The van der Waals surface area contributed by atoms with Crippen molar-refractivity contribution in [2.24, 2.45) is 7.05 Å². The number of carbonyl (C=O) groups excluding carboxylic acids is 1. The molecule has 0 aliphatic heterocycles. The van der Waals surface area contributed by atoms with E-state index in [1.54, 1.807) is 17.9 Å². The average Bonchev–Trinajstić information content (AvgIpc) is 2.86. The van der Waals surface area contributed by atoms with E-state index in [4.69, 9.17) is 16.0 Å². The fraction of sp³-hybridized carbons (Fsp3) is 0.364. The van der Waals surface area contributed by atoms with Gasteiger partial charge in [-0.25, -0.2) is 0 Å². The predicted octanol–water partition coefficient (Wildman–Crippen LogP) is 1.73. The van der Waals surface area contributed by atoms with Crippen LogP contribution in [0, 0.1) is 0 Å². The minimum absolute atomic E-state index is 0.164. The van der Waals surface area contributed by atoms with Gasteiger partial charge in [-0.2, -0.15) is 0 Å². The summed E-state index contributed by atoms with van der Waals surface area (Å²) in [5.41, 5.74) is 0.0148. The summed E-state index contributed by atoms with van der Waals surface area (Å²) < 4.78 is 6.62. The first kappa shape index (κ1) is 12.6. The van der Waals surface area contributed by atoms with E-state index in [1.165, 1.54) is 12.1 Å². The molecule has 0 saturated heterocycles. The molecule has 1 N–H and O–H groups in total. The van der Waals surface area contributed by atoms with Gasteiger partial charge >= 0.3 is 0 Å². The fourth-order valence-corrected chi connectivity index (χ4v) is 1.63. The SMILES string of the molecule is Cn1cc(C(C)(C)NC(=O)c2ccc(Cl)o2)nn1. The molecule has 0 aliphatic rings. The molecule has 0 aromatic carbocycles. The van der Waals surface area contributed by atoms with Crippen molar-refractivity contribution in [2.45, 2.75) is 19.4 Å². The molecule has 0 saturated carbocycles. The number of furan rings is 1. The zero-order valence-corrected chi connectivity index (χ0v) is 11.0. The van der Waals surface area contributed by atoms with E-state index in [1.807, 2.05) is 13.8 Å². The largest absolute Gasteiger partial charge is 0.440 e. The third-order valence-corrected chi connectivity index (χ3v) is 2.67. The zero-order chi connectivity index (χ0) is 13.3. The number of halogens is 1. The van der Waals surface area contributed by atoms with Crippen molar-refractivity contribution in [3.05, 3.63) is 35.0 Å². The van der Waals surface area contributed by atoms with Crippen LogP contribution in [0.5, 0.6) is 0 Å². The molecule has 0 aliphatic carbocycles. The lowest BCUT2D eigenvalue weighted by atomic mass is 10.0. The Morgan fingerprint density at radius 2 is 2.22 bits per heavy atom. The summed E-state index contributed by atoms with van der Waals surface area (Å²) in [5.74, 6) is -0.186. The van der Waals surface area contributed by atoms with Crippen molar-refractivity contribution in [1.29, 1.82) is 0 Å². The van der Waals surface area contributed by atoms with Gasteiger partial charge in [0.2, 0.25) is 0 Å². The molecular formula is C11H13ClN4O2. The highest BCUT2D eigenvalue weighted by Crippen LogP contribution is 2.19. The van der Waals surface area contributed by atoms with Crippen molar-refractivity contribution in [3.63, 3.8) is 0 Å². The molecule has 0 fully saturated rings. The van der Waals surface area contributed by atoms with Crippen molar-refractivity contribution in [1.82, 2.24) is 20.3 Å². The summed E-state index contributed by atoms with van der Waals surface area (Å²) in [7, 11) is 1.76. The summed E-state index contributed by atoms with van der Waals surface area (Å²) >= 11 is 5.62. The fourth-order valence-electron chi connectivity index (χ4n) is 1.48. The van der Waals surface area contributed by atoms with Gasteiger partial charge in [-0.3, -0.25) is 9.48 Å². The summed E-state index contributed by atoms with van der Waals surface area (Å²) in [4.78, 5) is 11.9. The molecule has 1 amide bonds. The second kappa shape index (κ2) is 4.45. The minimum Gasteiger partial charge on any atom is -0.440 e. The predicted molar refractivity (Wildman–Crippen MR) is 65.2 cm³/mol. The molecule has 96 valence electrons. The van der Waals surface area contributed by atoms with Gasteiger partial charge in [0.15, 0.2) is 11.0 Å². The molecule has 0 atom stereocenters. The third-order valence-electron chi connectivity index (χ3n) is 2.47. The molecule has 2 rings (SSSR count). The van der Waals surface area contributed by atoms with Crippen LogP contribution in [0.15, 0.2) is 22.7 Å². The second-order valence-electron chi connectivity index (χ2n) is 4.46. The maximum absolute atomic E-state index is 11.9. The third kappa shape index (κ3) is 2.53. The Morgan fingerprint density at radius 1 is 1.50 bits per heavy atom. The highest BCUT2D eigenvalue weighted by Gasteiger charge is 2.27. The quantitative estimate of drug-likeness (QED) is 0.920. The van der Waals surface area contributed by atoms with Gasteiger partial charge in [-0.15, -0.1) is 5.10 Å². The van der Waals surface area contributed by atoms with Crippen LogP contribution in [0.25, 0.3) is 0 Å². The van der Waals surface area contributed by atoms with Crippen LogP contribution in [0.3, 0.4) is 0 Å². The monoisotopic (exact) mass is 268 g/mol. The van der Waals surface area contributed by atoms with Crippen LogP contribution in [-0.2, 0) is 12.6 Å². The number of nitrogens with zero attached hydrogens (tertiary/aromatic N) is 3. The molecule has 2 heterocycles. The van der Waals surface area contributed by atoms with Crippen LogP contribution in [0.2, 0.25) is 5.22 Å². The molecule has 0 unspecified atom stereocenters. The highest BCUT2D eigenvalue weighted by atomic mass is 35.5. The van der Waals surface area contributed by atoms with E-state index in [0.717, 1.165) is 0 Å². The molecule has 0 spiro atoms. The molecule has 18 heavy (non-hydrogen) atoms. The molecule has 7 heteroatoms. The molecule has 0 radical (unpaired) electrons. The van der Waals surface area contributed by atoms with Crippen molar-refractivity contribution in [3.8, 4) is 0 Å². The van der Waals surface area contributed by atoms with Crippen LogP contribution < -0.4 is 5.32 Å². The van der Waals surface area contributed by atoms with E-state index in [2.05, 4.69) is 15.6 Å². The Balaban J connectivity index is 2.15. The van der Waals surface area contributed by atoms with E-state index in [9.17, 15) is 4.79 Å². The van der Waals surface area contributed by atoms with E-state index < -0.39 is 5.54 Å². The van der Waals surface area contributed by atoms with Crippen LogP contribution in [0.1, 0.15) is 30.1 Å². The standard InChI is InChI=1S/C11H13ClN4O2/c1-11(2,8-6-16(3)15-14-8)13-10(17)7-4-5-9(12)18-7/h4-6H,1-3H3,(H,13,17). The summed E-state index contributed by atoms with van der Waals surface area (Å²) in [5, 5.41) is 10.8. The molecule has 0 bridgehead atoms. The van der Waals surface area contributed by atoms with Gasteiger partial charge in [0.25, 0.3) is 5.91 Å². The van der Waals surface area contributed by atoms with Crippen molar-refractivity contribution in [2.75, 3.05) is 0 Å². The molecule has 2 aromatic heterocycles. The van der Waals surface area contributed by atoms with E-state index >= 15 is 0 Å². The van der Waals surface area contributed by atoms with E-state index in [0.29, 0.717) is 5.69 Å². The average molecular weight is 269 g/mol. The number of rotatable bonds is 3. The maximum atomic E-state index is 11.9. The molecule has 2 aromatic rings. The highest BCUT2D eigenvalue weighted by molar-refractivity contribution is 6.29. The maximum Gasteiger partial charge on any atom is 0.287 e. The lowest BCUT2D eigenvalue weighted by Gasteiger charge is -2.22. The number of aryl methyl sites for hydroxylation is 1. The van der Waals surface area contributed by atoms with Crippen LogP contribution in [-0.4, -0.2) is 20.9 Å². The zero-order valence-electron chi connectivity index (χ0n) is 10.3. The first-order chi connectivity index (χ1) is 8.38. The van der Waals surface area contributed by atoms with Crippen LogP contribution in [0.4, 0.5) is 0 Å². The Morgan fingerprint density at radius 3 is 2.72 bits per heavy atom. The summed E-state index contributed by atoms with van der Waals surface area (Å²) in [6.07, 6.45) is 1.75. The number of nitrogens with one attached hydrogen (secondary N) is 1. The smallest absolute Gasteiger partial charge is 0.287 e. The number of hydrogen-bond donors (Lipinski definition) is 1. The van der Waals surface area contributed by atoms with E-state index in [-0.39, 0.29) is 16.9 Å². The Kier molecular flexibility index (Phi) is 3.13. The van der Waals surface area contributed by atoms with Gasteiger partial charge in [-0.05, 0) is 37.6 Å².